The average molecular weight is 423 g/mol. The van der Waals surface area contributed by atoms with Crippen LogP contribution in [0.25, 0.3) is 22.3 Å². The van der Waals surface area contributed by atoms with Crippen LogP contribution in [0.4, 0.5) is 0 Å². The van der Waals surface area contributed by atoms with Gasteiger partial charge in [0.1, 0.15) is 0 Å². The molecule has 2 N–H and O–H groups in total. The number of aryl methyl sites for hydroxylation is 2. The zero-order valence-corrected chi connectivity index (χ0v) is 18.3. The number of pyridine rings is 1. The largest absolute Gasteiger partial charge is 0.392 e. The van der Waals surface area contributed by atoms with E-state index < -0.39 is 0 Å². The molecule has 3 aromatic carbocycles. The van der Waals surface area contributed by atoms with Crippen LogP contribution in [0.3, 0.4) is 0 Å². The SMILES string of the molecule is Cc1ccc(-c2cc(C(=O)NCc3ccc(C)nc3)cc(-c3ccc(CO)cc3)c2)cc1. The monoisotopic (exact) mass is 422 g/mol. The van der Waals surface area contributed by atoms with Crippen LogP contribution in [0.2, 0.25) is 0 Å². The van der Waals surface area contributed by atoms with Crippen LogP contribution in [0.1, 0.15) is 32.7 Å². The van der Waals surface area contributed by atoms with Gasteiger partial charge in [0.2, 0.25) is 0 Å². The predicted molar refractivity (Wildman–Crippen MR) is 128 cm³/mol. The maximum atomic E-state index is 13.0. The zero-order chi connectivity index (χ0) is 22.5. The summed E-state index contributed by atoms with van der Waals surface area (Å²) in [4.78, 5) is 17.3. The lowest BCUT2D eigenvalue weighted by Crippen LogP contribution is -2.23. The lowest BCUT2D eigenvalue weighted by Gasteiger charge is -2.12. The first-order valence-corrected chi connectivity index (χ1v) is 10.6. The molecule has 0 aliphatic heterocycles. The van der Waals surface area contributed by atoms with E-state index in [-0.39, 0.29) is 12.5 Å². The normalized spacial score (nSPS) is 10.7. The van der Waals surface area contributed by atoms with E-state index in [2.05, 4.69) is 47.6 Å². The van der Waals surface area contributed by atoms with Gasteiger partial charge in [0.05, 0.1) is 6.61 Å². The minimum atomic E-state index is -0.132. The number of hydrogen-bond acceptors (Lipinski definition) is 3. The summed E-state index contributed by atoms with van der Waals surface area (Å²) in [5.41, 5.74) is 8.53. The molecule has 0 spiro atoms. The number of nitrogens with one attached hydrogen (secondary N) is 1. The molecule has 0 radical (unpaired) electrons. The number of amides is 1. The molecule has 4 aromatic rings. The Hall–Kier alpha value is -3.76. The van der Waals surface area contributed by atoms with E-state index in [1.807, 2.05) is 55.5 Å². The maximum absolute atomic E-state index is 13.0. The van der Waals surface area contributed by atoms with E-state index in [0.717, 1.165) is 39.1 Å². The van der Waals surface area contributed by atoms with Crippen molar-refractivity contribution in [2.45, 2.75) is 27.0 Å². The second kappa shape index (κ2) is 9.58. The van der Waals surface area contributed by atoms with Crippen molar-refractivity contribution >= 4 is 5.91 Å². The molecule has 4 rings (SSSR count). The fourth-order valence-electron chi connectivity index (χ4n) is 3.53. The summed E-state index contributed by atoms with van der Waals surface area (Å²) >= 11 is 0. The molecule has 0 aliphatic rings. The molecular weight excluding hydrogens is 396 g/mol. The Morgan fingerprint density at radius 1 is 0.781 bits per heavy atom. The predicted octanol–water partition coefficient (Wildman–Crippen LogP) is 5.45. The van der Waals surface area contributed by atoms with Gasteiger partial charge in [-0.1, -0.05) is 60.2 Å². The number of rotatable bonds is 6. The minimum absolute atomic E-state index is 0.00517. The van der Waals surface area contributed by atoms with Gasteiger partial charge in [-0.05, 0) is 71.5 Å². The van der Waals surface area contributed by atoms with Gasteiger partial charge in [0.25, 0.3) is 5.91 Å². The van der Waals surface area contributed by atoms with Crippen molar-refractivity contribution in [1.29, 1.82) is 0 Å². The van der Waals surface area contributed by atoms with Crippen molar-refractivity contribution < 1.29 is 9.90 Å². The fourth-order valence-corrected chi connectivity index (χ4v) is 3.53. The van der Waals surface area contributed by atoms with E-state index in [0.29, 0.717) is 12.1 Å². The van der Waals surface area contributed by atoms with Crippen LogP contribution < -0.4 is 5.32 Å². The Morgan fingerprint density at radius 3 is 1.94 bits per heavy atom. The first-order chi connectivity index (χ1) is 15.5. The number of benzene rings is 3. The van der Waals surface area contributed by atoms with Crippen LogP contribution >= 0.6 is 0 Å². The maximum Gasteiger partial charge on any atom is 0.251 e. The zero-order valence-electron chi connectivity index (χ0n) is 18.3. The van der Waals surface area contributed by atoms with Crippen LogP contribution in [0, 0.1) is 13.8 Å². The van der Waals surface area contributed by atoms with Gasteiger partial charge in [0.15, 0.2) is 0 Å². The van der Waals surface area contributed by atoms with Gasteiger partial charge in [-0.25, -0.2) is 0 Å². The summed E-state index contributed by atoms with van der Waals surface area (Å²) in [6, 6.07) is 25.9. The van der Waals surface area contributed by atoms with Crippen molar-refractivity contribution in [3.8, 4) is 22.3 Å². The highest BCUT2D eigenvalue weighted by Gasteiger charge is 2.12. The molecule has 1 amide bonds. The van der Waals surface area contributed by atoms with E-state index in [9.17, 15) is 9.90 Å². The second-order valence-electron chi connectivity index (χ2n) is 8.01. The number of carbonyl (C=O) groups is 1. The number of hydrogen-bond donors (Lipinski definition) is 2. The van der Waals surface area contributed by atoms with Crippen molar-refractivity contribution in [2.24, 2.45) is 0 Å². The van der Waals surface area contributed by atoms with Gasteiger partial charge < -0.3 is 10.4 Å². The summed E-state index contributed by atoms with van der Waals surface area (Å²) in [5, 5.41) is 12.3. The first-order valence-electron chi connectivity index (χ1n) is 10.6. The third-order valence-corrected chi connectivity index (χ3v) is 5.48. The molecule has 0 fully saturated rings. The Kier molecular flexibility index (Phi) is 6.43. The van der Waals surface area contributed by atoms with E-state index >= 15 is 0 Å². The van der Waals surface area contributed by atoms with Crippen molar-refractivity contribution in [3.63, 3.8) is 0 Å². The van der Waals surface area contributed by atoms with E-state index in [4.69, 9.17) is 0 Å². The van der Waals surface area contributed by atoms with Gasteiger partial charge in [-0.15, -0.1) is 0 Å². The summed E-state index contributed by atoms with van der Waals surface area (Å²) in [6.45, 7) is 4.42. The van der Waals surface area contributed by atoms with Crippen molar-refractivity contribution in [2.75, 3.05) is 0 Å². The molecule has 0 bridgehead atoms. The number of nitrogens with zero attached hydrogens (tertiary/aromatic N) is 1. The van der Waals surface area contributed by atoms with Gasteiger partial charge in [-0.2, -0.15) is 0 Å². The lowest BCUT2D eigenvalue weighted by atomic mass is 9.95. The molecule has 4 heteroatoms. The van der Waals surface area contributed by atoms with Crippen LogP contribution in [-0.4, -0.2) is 16.0 Å². The fraction of sp³-hybridized carbons (Fsp3) is 0.143. The molecule has 0 saturated heterocycles. The summed E-state index contributed by atoms with van der Waals surface area (Å²) in [7, 11) is 0. The van der Waals surface area contributed by atoms with Crippen LogP contribution in [0.15, 0.2) is 85.1 Å². The quantitative estimate of drug-likeness (QED) is 0.434. The Morgan fingerprint density at radius 2 is 1.38 bits per heavy atom. The van der Waals surface area contributed by atoms with Crippen LogP contribution in [0.5, 0.6) is 0 Å². The Labute approximate surface area is 188 Å². The molecule has 160 valence electrons. The highest BCUT2D eigenvalue weighted by atomic mass is 16.3. The molecule has 0 unspecified atom stereocenters. The van der Waals surface area contributed by atoms with E-state index in [1.165, 1.54) is 5.56 Å². The number of aliphatic hydroxyl groups excluding tert-OH is 1. The molecule has 0 atom stereocenters. The average Bonchev–Trinajstić information content (AvgIpc) is 2.83. The van der Waals surface area contributed by atoms with Gasteiger partial charge >= 0.3 is 0 Å². The molecule has 32 heavy (non-hydrogen) atoms. The van der Waals surface area contributed by atoms with Crippen LogP contribution in [-0.2, 0) is 13.2 Å². The molecule has 0 aliphatic carbocycles. The second-order valence-corrected chi connectivity index (χ2v) is 8.01. The Balaban J connectivity index is 1.67. The van der Waals surface area contributed by atoms with Gasteiger partial charge in [-0.3, -0.25) is 9.78 Å². The highest BCUT2D eigenvalue weighted by molar-refractivity contribution is 5.97. The topological polar surface area (TPSA) is 62.2 Å². The summed E-state index contributed by atoms with van der Waals surface area (Å²) in [6.07, 6.45) is 1.78. The standard InChI is InChI=1S/C28H26N2O2/c1-19-3-9-23(10-4-19)25-13-26(24-11-7-21(18-31)8-12-24)15-27(14-25)28(32)30-17-22-6-5-20(2)29-16-22/h3-16,31H,17-18H2,1-2H3,(H,30,32). The third kappa shape index (κ3) is 5.10. The minimum Gasteiger partial charge on any atom is -0.392 e. The molecule has 1 heterocycles. The third-order valence-electron chi connectivity index (χ3n) is 5.48. The van der Waals surface area contributed by atoms with E-state index in [1.54, 1.807) is 6.20 Å². The number of aliphatic hydroxyl groups is 1. The first kappa shape index (κ1) is 21.5. The summed E-state index contributed by atoms with van der Waals surface area (Å²) in [5.74, 6) is -0.132. The highest BCUT2D eigenvalue weighted by Crippen LogP contribution is 2.29. The molecular formula is C28H26N2O2. The Bertz CT molecular complexity index is 1210. The smallest absolute Gasteiger partial charge is 0.251 e. The molecule has 4 nitrogen and oxygen atoms in total. The number of carbonyl (C=O) groups excluding carboxylic acids is 1. The van der Waals surface area contributed by atoms with Gasteiger partial charge in [0, 0.05) is 24.0 Å². The van der Waals surface area contributed by atoms with Crippen molar-refractivity contribution in [1.82, 2.24) is 10.3 Å². The summed E-state index contributed by atoms with van der Waals surface area (Å²) < 4.78 is 0. The number of aromatic nitrogens is 1. The molecule has 1 aromatic heterocycles. The lowest BCUT2D eigenvalue weighted by molar-refractivity contribution is 0.0951. The van der Waals surface area contributed by atoms with Crippen molar-refractivity contribution in [3.05, 3.63) is 113 Å². The molecule has 0 saturated carbocycles.